The van der Waals surface area contributed by atoms with Gasteiger partial charge in [-0.25, -0.2) is 0 Å². The molecule has 1 aliphatic heterocycles. The number of halogens is 1. The second-order valence-corrected chi connectivity index (χ2v) is 6.10. The monoisotopic (exact) mass is 337 g/mol. The van der Waals surface area contributed by atoms with E-state index in [2.05, 4.69) is 5.32 Å². The van der Waals surface area contributed by atoms with E-state index in [4.69, 9.17) is 11.6 Å². The molecule has 1 fully saturated rings. The van der Waals surface area contributed by atoms with Crippen molar-refractivity contribution >= 4 is 29.3 Å². The lowest BCUT2D eigenvalue weighted by Crippen LogP contribution is -2.54. The molecule has 1 N–H and O–H groups in total. The molecule has 1 aromatic rings. The van der Waals surface area contributed by atoms with E-state index in [1.165, 1.54) is 4.90 Å². The molecular weight excluding hydrogens is 318 g/mol. The Kier molecular flexibility index (Phi) is 5.60. The van der Waals surface area contributed by atoms with Gasteiger partial charge in [-0.15, -0.1) is 0 Å². The number of piperazine rings is 1. The van der Waals surface area contributed by atoms with Gasteiger partial charge in [0.1, 0.15) is 0 Å². The molecule has 23 heavy (non-hydrogen) atoms. The van der Waals surface area contributed by atoms with Crippen molar-refractivity contribution in [2.75, 3.05) is 26.2 Å². The van der Waals surface area contributed by atoms with Crippen molar-refractivity contribution in [2.45, 2.75) is 19.9 Å². The van der Waals surface area contributed by atoms with Gasteiger partial charge in [-0.1, -0.05) is 23.7 Å². The predicted molar refractivity (Wildman–Crippen MR) is 87.2 cm³/mol. The maximum atomic E-state index is 12.4. The topological polar surface area (TPSA) is 69.7 Å². The van der Waals surface area contributed by atoms with Crippen molar-refractivity contribution in [2.24, 2.45) is 0 Å². The summed E-state index contributed by atoms with van der Waals surface area (Å²) in [5, 5.41) is 2.99. The SMILES string of the molecule is CC(C)NC(=O)C(=O)N1CCN(C(=O)c2ccccc2Cl)CC1. The van der Waals surface area contributed by atoms with E-state index in [0.717, 1.165) is 0 Å². The van der Waals surface area contributed by atoms with Crippen molar-refractivity contribution in [3.05, 3.63) is 34.9 Å². The van der Waals surface area contributed by atoms with Crippen LogP contribution in [0.1, 0.15) is 24.2 Å². The summed E-state index contributed by atoms with van der Waals surface area (Å²) in [6.45, 7) is 5.02. The fraction of sp³-hybridized carbons (Fsp3) is 0.438. The quantitative estimate of drug-likeness (QED) is 0.823. The van der Waals surface area contributed by atoms with Crippen LogP contribution in [0.4, 0.5) is 0 Å². The summed E-state index contributed by atoms with van der Waals surface area (Å²) in [6, 6.07) is 6.79. The van der Waals surface area contributed by atoms with Gasteiger partial charge in [0, 0.05) is 32.2 Å². The number of carbonyl (C=O) groups excluding carboxylic acids is 3. The normalized spacial score (nSPS) is 14.8. The second-order valence-electron chi connectivity index (χ2n) is 5.69. The van der Waals surface area contributed by atoms with E-state index >= 15 is 0 Å². The molecule has 3 amide bonds. The van der Waals surface area contributed by atoms with Crippen molar-refractivity contribution < 1.29 is 14.4 Å². The first-order valence-corrected chi connectivity index (χ1v) is 7.91. The highest BCUT2D eigenvalue weighted by atomic mass is 35.5. The number of hydrogen-bond donors (Lipinski definition) is 1. The molecule has 1 heterocycles. The fourth-order valence-electron chi connectivity index (χ4n) is 2.39. The first-order valence-electron chi connectivity index (χ1n) is 7.53. The van der Waals surface area contributed by atoms with Crippen molar-refractivity contribution in [1.82, 2.24) is 15.1 Å². The van der Waals surface area contributed by atoms with Gasteiger partial charge in [-0.05, 0) is 26.0 Å². The summed E-state index contributed by atoms with van der Waals surface area (Å²) in [4.78, 5) is 39.3. The lowest BCUT2D eigenvalue weighted by molar-refractivity contribution is -0.147. The number of hydrogen-bond acceptors (Lipinski definition) is 3. The van der Waals surface area contributed by atoms with Crippen LogP contribution in [0.15, 0.2) is 24.3 Å². The van der Waals surface area contributed by atoms with Gasteiger partial charge < -0.3 is 15.1 Å². The molecule has 7 heteroatoms. The highest BCUT2D eigenvalue weighted by Crippen LogP contribution is 2.18. The van der Waals surface area contributed by atoms with Crippen LogP contribution in [0, 0.1) is 0 Å². The molecule has 0 spiro atoms. The molecule has 0 radical (unpaired) electrons. The van der Waals surface area contributed by atoms with E-state index in [-0.39, 0.29) is 11.9 Å². The summed E-state index contributed by atoms with van der Waals surface area (Å²) in [5.74, 6) is -1.32. The number of rotatable bonds is 2. The van der Waals surface area contributed by atoms with Crippen LogP contribution >= 0.6 is 11.6 Å². The minimum Gasteiger partial charge on any atom is -0.346 e. The van der Waals surface area contributed by atoms with Crippen LogP contribution < -0.4 is 5.32 Å². The summed E-state index contributed by atoms with van der Waals surface area (Å²) in [7, 11) is 0. The van der Waals surface area contributed by atoms with Crippen LogP contribution in [-0.2, 0) is 9.59 Å². The third-order valence-corrected chi connectivity index (χ3v) is 3.90. The second kappa shape index (κ2) is 7.46. The molecule has 0 aromatic heterocycles. The highest BCUT2D eigenvalue weighted by Gasteiger charge is 2.28. The Labute approximate surface area is 140 Å². The maximum Gasteiger partial charge on any atom is 0.312 e. The predicted octanol–water partition coefficient (Wildman–Crippen LogP) is 1.15. The molecule has 1 aliphatic rings. The van der Waals surface area contributed by atoms with Gasteiger partial charge in [0.05, 0.1) is 10.6 Å². The van der Waals surface area contributed by atoms with Gasteiger partial charge in [0.2, 0.25) is 0 Å². The average molecular weight is 338 g/mol. The Morgan fingerprint density at radius 2 is 1.61 bits per heavy atom. The van der Waals surface area contributed by atoms with Crippen molar-refractivity contribution in [1.29, 1.82) is 0 Å². The fourth-order valence-corrected chi connectivity index (χ4v) is 2.60. The first-order chi connectivity index (χ1) is 10.9. The zero-order chi connectivity index (χ0) is 17.0. The molecule has 0 atom stereocenters. The number of amides is 3. The van der Waals surface area contributed by atoms with Gasteiger partial charge in [-0.2, -0.15) is 0 Å². The number of nitrogens with zero attached hydrogens (tertiary/aromatic N) is 2. The van der Waals surface area contributed by atoms with Crippen LogP contribution in [-0.4, -0.2) is 59.7 Å². The van der Waals surface area contributed by atoms with Gasteiger partial charge in [0.25, 0.3) is 5.91 Å². The van der Waals surface area contributed by atoms with Crippen LogP contribution in [0.2, 0.25) is 5.02 Å². The number of benzene rings is 1. The van der Waals surface area contributed by atoms with E-state index < -0.39 is 11.8 Å². The standard InChI is InChI=1S/C16H20ClN3O3/c1-11(2)18-14(21)16(23)20-9-7-19(8-10-20)15(22)12-5-3-4-6-13(12)17/h3-6,11H,7-10H2,1-2H3,(H,18,21). The van der Waals surface area contributed by atoms with Crippen LogP contribution in [0.25, 0.3) is 0 Å². The Balaban J connectivity index is 1.94. The molecule has 1 aromatic carbocycles. The van der Waals surface area contributed by atoms with E-state index in [0.29, 0.717) is 36.8 Å². The Morgan fingerprint density at radius 3 is 2.17 bits per heavy atom. The molecule has 1 saturated heterocycles. The molecule has 2 rings (SSSR count). The van der Waals surface area contributed by atoms with Crippen LogP contribution in [0.5, 0.6) is 0 Å². The zero-order valence-corrected chi connectivity index (χ0v) is 14.0. The van der Waals surface area contributed by atoms with E-state index in [1.54, 1.807) is 43.0 Å². The van der Waals surface area contributed by atoms with Gasteiger partial charge >= 0.3 is 11.8 Å². The Hall–Kier alpha value is -2.08. The molecule has 0 aliphatic carbocycles. The molecule has 6 nitrogen and oxygen atoms in total. The van der Waals surface area contributed by atoms with Crippen molar-refractivity contribution in [3.8, 4) is 0 Å². The third kappa shape index (κ3) is 4.22. The van der Waals surface area contributed by atoms with E-state index in [1.807, 2.05) is 0 Å². The van der Waals surface area contributed by atoms with Gasteiger partial charge in [0.15, 0.2) is 0 Å². The molecule has 0 bridgehead atoms. The molecule has 124 valence electrons. The highest BCUT2D eigenvalue weighted by molar-refractivity contribution is 6.35. The lowest BCUT2D eigenvalue weighted by atomic mass is 10.2. The maximum absolute atomic E-state index is 12.4. The Morgan fingerprint density at radius 1 is 1.04 bits per heavy atom. The van der Waals surface area contributed by atoms with Gasteiger partial charge in [-0.3, -0.25) is 14.4 Å². The Bertz CT molecular complexity index is 610. The zero-order valence-electron chi connectivity index (χ0n) is 13.2. The van der Waals surface area contributed by atoms with E-state index in [9.17, 15) is 14.4 Å². The minimum absolute atomic E-state index is 0.0884. The summed E-state index contributed by atoms with van der Waals surface area (Å²) < 4.78 is 0. The van der Waals surface area contributed by atoms with Crippen LogP contribution in [0.3, 0.4) is 0 Å². The summed E-state index contributed by atoms with van der Waals surface area (Å²) >= 11 is 6.04. The summed E-state index contributed by atoms with van der Waals surface area (Å²) in [6.07, 6.45) is 0. The minimum atomic E-state index is -0.606. The van der Waals surface area contributed by atoms with Crippen molar-refractivity contribution in [3.63, 3.8) is 0 Å². The molecule has 0 unspecified atom stereocenters. The smallest absolute Gasteiger partial charge is 0.312 e. The number of carbonyl (C=O) groups is 3. The summed E-state index contributed by atoms with van der Waals surface area (Å²) in [5.41, 5.74) is 0.450. The lowest BCUT2D eigenvalue weighted by Gasteiger charge is -2.34. The molecule has 0 saturated carbocycles. The third-order valence-electron chi connectivity index (χ3n) is 3.57. The number of nitrogens with one attached hydrogen (secondary N) is 1. The first kappa shape index (κ1) is 17.3. The largest absolute Gasteiger partial charge is 0.346 e. The average Bonchev–Trinajstić information content (AvgIpc) is 2.53. The molecular formula is C16H20ClN3O3.